The van der Waals surface area contributed by atoms with E-state index in [1.807, 2.05) is 0 Å². The lowest BCUT2D eigenvalue weighted by molar-refractivity contribution is 0.925. The molecule has 38 valence electrons. The second-order valence-corrected chi connectivity index (χ2v) is 1.38. The summed E-state index contributed by atoms with van der Waals surface area (Å²) in [6.45, 7) is 0. The first-order valence-electron chi connectivity index (χ1n) is 1.84. The van der Waals surface area contributed by atoms with Crippen molar-refractivity contribution in [2.45, 2.75) is 5.88 Å². The van der Waals surface area contributed by atoms with Gasteiger partial charge in [0.05, 0.1) is 17.8 Å². The summed E-state index contributed by atoms with van der Waals surface area (Å²) in [5.74, 6) is 0.451. The minimum Gasteiger partial charge on any atom is -0.261 e. The minimum atomic E-state index is 0.451. The van der Waals surface area contributed by atoms with Gasteiger partial charge >= 0.3 is 0 Å². The second kappa shape index (κ2) is 1.93. The third kappa shape index (κ3) is 0.899. The Labute approximate surface area is 45.7 Å². The lowest BCUT2D eigenvalue weighted by Crippen LogP contribution is -1.73. The molecule has 0 bridgehead atoms. The number of rotatable bonds is 1. The van der Waals surface area contributed by atoms with Crippen LogP contribution in [0.25, 0.3) is 0 Å². The molecule has 0 unspecified atom stereocenters. The molecule has 0 saturated carbocycles. The van der Waals surface area contributed by atoms with Crippen LogP contribution in [0.2, 0.25) is 0 Å². The largest absolute Gasteiger partial charge is 0.261 e. The van der Waals surface area contributed by atoms with E-state index in [0.29, 0.717) is 5.88 Å². The Morgan fingerprint density at radius 3 is 3.00 bits per heavy atom. The Kier molecular flexibility index (Phi) is 1.26. The number of halogens is 1. The number of hydrogen-bond donors (Lipinski definition) is 1. The predicted octanol–water partition coefficient (Wildman–Crippen LogP) is 0.544. The fraction of sp³-hybridized carbons (Fsp3) is 0.333. The number of nitrogens with one attached hydrogen (secondary N) is 1. The van der Waals surface area contributed by atoms with Crippen LogP contribution in [0.5, 0.6) is 0 Å². The summed E-state index contributed by atoms with van der Waals surface area (Å²) in [7, 11) is 0. The van der Waals surface area contributed by atoms with E-state index in [4.69, 9.17) is 11.6 Å². The maximum atomic E-state index is 5.36. The number of aromatic nitrogens is 3. The van der Waals surface area contributed by atoms with Gasteiger partial charge in [-0.1, -0.05) is 5.21 Å². The average molecular weight is 118 g/mol. The maximum absolute atomic E-state index is 5.36. The predicted molar refractivity (Wildman–Crippen MR) is 25.9 cm³/mol. The van der Waals surface area contributed by atoms with Gasteiger partial charge in [0.1, 0.15) is 0 Å². The standard InChI is InChI=1S/C3H4ClN3/c4-1-3-2-5-7-6-3/h2H,1H2,(H,5,6,7). The fourth-order valence-electron chi connectivity index (χ4n) is 0.285. The van der Waals surface area contributed by atoms with Crippen molar-refractivity contribution in [2.75, 3.05) is 0 Å². The van der Waals surface area contributed by atoms with Gasteiger partial charge in [-0.25, -0.2) is 0 Å². The molecular weight excluding hydrogens is 114 g/mol. The van der Waals surface area contributed by atoms with Crippen LogP contribution in [0.1, 0.15) is 5.69 Å². The van der Waals surface area contributed by atoms with Crippen molar-refractivity contribution in [2.24, 2.45) is 0 Å². The van der Waals surface area contributed by atoms with Crippen LogP contribution >= 0.6 is 11.6 Å². The molecule has 0 atom stereocenters. The average Bonchev–Trinajstić information content (AvgIpc) is 2.14. The van der Waals surface area contributed by atoms with Crippen LogP contribution in [0, 0.1) is 0 Å². The Morgan fingerprint density at radius 1 is 1.86 bits per heavy atom. The fourth-order valence-corrected chi connectivity index (χ4v) is 0.414. The number of hydrogen-bond acceptors (Lipinski definition) is 2. The number of nitrogens with zero attached hydrogens (tertiary/aromatic N) is 2. The lowest BCUT2D eigenvalue weighted by atomic mass is 10.6. The molecule has 0 saturated heterocycles. The molecule has 0 fully saturated rings. The van der Waals surface area contributed by atoms with E-state index < -0.39 is 0 Å². The highest BCUT2D eigenvalue weighted by atomic mass is 35.5. The van der Waals surface area contributed by atoms with Crippen molar-refractivity contribution in [3.05, 3.63) is 11.9 Å². The monoisotopic (exact) mass is 117 g/mol. The van der Waals surface area contributed by atoms with Crippen molar-refractivity contribution < 1.29 is 0 Å². The van der Waals surface area contributed by atoms with Crippen LogP contribution in [0.4, 0.5) is 0 Å². The molecule has 0 radical (unpaired) electrons. The third-order valence-corrected chi connectivity index (χ3v) is 0.897. The first kappa shape index (κ1) is 4.59. The second-order valence-electron chi connectivity index (χ2n) is 1.12. The molecule has 0 spiro atoms. The minimum absolute atomic E-state index is 0.451. The van der Waals surface area contributed by atoms with Crippen molar-refractivity contribution in [3.63, 3.8) is 0 Å². The topological polar surface area (TPSA) is 41.6 Å². The molecule has 1 heterocycles. The Balaban J connectivity index is 2.76. The Hall–Kier alpha value is -0.570. The maximum Gasteiger partial charge on any atom is 0.0734 e. The van der Waals surface area contributed by atoms with Crippen molar-refractivity contribution in [1.82, 2.24) is 15.4 Å². The molecule has 0 amide bonds. The normalized spacial score (nSPS) is 9.29. The summed E-state index contributed by atoms with van der Waals surface area (Å²) in [6, 6.07) is 0. The van der Waals surface area contributed by atoms with Gasteiger partial charge in [-0.2, -0.15) is 0 Å². The zero-order valence-corrected chi connectivity index (χ0v) is 4.31. The van der Waals surface area contributed by atoms with Gasteiger partial charge in [0.25, 0.3) is 0 Å². The first-order valence-corrected chi connectivity index (χ1v) is 2.38. The van der Waals surface area contributed by atoms with Crippen LogP contribution in [-0.4, -0.2) is 15.4 Å². The SMILES string of the molecule is ClCc1cnn[nH]1. The van der Waals surface area contributed by atoms with E-state index in [0.717, 1.165) is 5.69 Å². The van der Waals surface area contributed by atoms with Crippen molar-refractivity contribution >= 4 is 11.6 Å². The van der Waals surface area contributed by atoms with Crippen molar-refractivity contribution in [1.29, 1.82) is 0 Å². The summed E-state index contributed by atoms with van der Waals surface area (Å²) in [6.07, 6.45) is 1.59. The van der Waals surface area contributed by atoms with Gasteiger partial charge in [-0.3, -0.25) is 5.10 Å². The summed E-state index contributed by atoms with van der Waals surface area (Å²) >= 11 is 5.36. The Morgan fingerprint density at radius 2 is 2.71 bits per heavy atom. The molecule has 3 nitrogen and oxygen atoms in total. The van der Waals surface area contributed by atoms with E-state index in [1.54, 1.807) is 6.20 Å². The summed E-state index contributed by atoms with van der Waals surface area (Å²) < 4.78 is 0. The zero-order chi connectivity index (χ0) is 5.11. The lowest BCUT2D eigenvalue weighted by Gasteiger charge is -1.75. The molecule has 0 aromatic carbocycles. The van der Waals surface area contributed by atoms with Crippen LogP contribution in [0.15, 0.2) is 6.20 Å². The van der Waals surface area contributed by atoms with Crippen molar-refractivity contribution in [3.8, 4) is 0 Å². The van der Waals surface area contributed by atoms with Crippen LogP contribution in [-0.2, 0) is 5.88 Å². The molecule has 1 aromatic rings. The van der Waals surface area contributed by atoms with Crippen LogP contribution in [0.3, 0.4) is 0 Å². The van der Waals surface area contributed by atoms with E-state index in [2.05, 4.69) is 15.4 Å². The summed E-state index contributed by atoms with van der Waals surface area (Å²) in [4.78, 5) is 0. The van der Waals surface area contributed by atoms with E-state index in [1.165, 1.54) is 0 Å². The van der Waals surface area contributed by atoms with Gasteiger partial charge in [-0.15, -0.1) is 16.7 Å². The van der Waals surface area contributed by atoms with Gasteiger partial charge < -0.3 is 0 Å². The molecule has 1 aromatic heterocycles. The highest BCUT2D eigenvalue weighted by molar-refractivity contribution is 6.16. The molecule has 4 heteroatoms. The molecule has 0 aliphatic carbocycles. The van der Waals surface area contributed by atoms with Gasteiger partial charge in [0, 0.05) is 0 Å². The Bertz CT molecular complexity index is 125. The zero-order valence-electron chi connectivity index (χ0n) is 3.56. The van der Waals surface area contributed by atoms with E-state index in [9.17, 15) is 0 Å². The van der Waals surface area contributed by atoms with Gasteiger partial charge in [0.15, 0.2) is 0 Å². The smallest absolute Gasteiger partial charge is 0.0734 e. The van der Waals surface area contributed by atoms with E-state index >= 15 is 0 Å². The third-order valence-electron chi connectivity index (χ3n) is 0.609. The number of H-pyrrole nitrogens is 1. The number of aromatic amines is 1. The molecular formula is C3H4ClN3. The highest BCUT2D eigenvalue weighted by Crippen LogP contribution is 1.91. The molecule has 1 N–H and O–H groups in total. The summed E-state index contributed by atoms with van der Waals surface area (Å²) in [5, 5.41) is 9.53. The highest BCUT2D eigenvalue weighted by Gasteiger charge is 1.85. The van der Waals surface area contributed by atoms with E-state index in [-0.39, 0.29) is 0 Å². The van der Waals surface area contributed by atoms with Gasteiger partial charge in [0.2, 0.25) is 0 Å². The molecule has 0 aliphatic heterocycles. The van der Waals surface area contributed by atoms with Crippen LogP contribution < -0.4 is 0 Å². The summed E-state index contributed by atoms with van der Waals surface area (Å²) in [5.41, 5.74) is 0.849. The quantitative estimate of drug-likeness (QED) is 0.546. The van der Waals surface area contributed by atoms with Gasteiger partial charge in [-0.05, 0) is 0 Å². The molecule has 1 rings (SSSR count). The number of alkyl halides is 1. The molecule has 7 heavy (non-hydrogen) atoms. The first-order chi connectivity index (χ1) is 3.43. The molecule has 0 aliphatic rings.